The number of hydrogen-bond donors (Lipinski definition) is 0. The third-order valence-electron chi connectivity index (χ3n) is 4.84. The van der Waals surface area contributed by atoms with Crippen LogP contribution in [0.3, 0.4) is 0 Å². The monoisotopic (exact) mass is 326 g/mol. The quantitative estimate of drug-likeness (QED) is 0.391. The molecule has 0 aromatic rings. The molecule has 3 fully saturated rings. The average molecular weight is 326 g/mol. The minimum Gasteiger partial charge on any atom is -0.465 e. The van der Waals surface area contributed by atoms with Crippen molar-refractivity contribution >= 4 is 17.9 Å². The van der Waals surface area contributed by atoms with Gasteiger partial charge in [0.15, 0.2) is 12.2 Å². The predicted molar refractivity (Wildman–Crippen MR) is 76.2 cm³/mol. The number of hydrogen-bond acceptors (Lipinski definition) is 7. The zero-order valence-electron chi connectivity index (χ0n) is 13.4. The van der Waals surface area contributed by atoms with Gasteiger partial charge in [0.1, 0.15) is 6.10 Å². The Labute approximate surface area is 134 Å². The van der Waals surface area contributed by atoms with Gasteiger partial charge in [0.2, 0.25) is 0 Å². The minimum atomic E-state index is -0.502. The molecule has 6 atom stereocenters. The van der Waals surface area contributed by atoms with Gasteiger partial charge >= 0.3 is 17.9 Å². The Bertz CT molecular complexity index is 503. The van der Waals surface area contributed by atoms with Crippen molar-refractivity contribution < 1.29 is 33.3 Å². The SMILES string of the molecule is CCC(C)C(=O)OCCCC(=O)OC1C2CC3C(=O)OC1C3O2. The zero-order chi connectivity index (χ0) is 16.6. The summed E-state index contributed by atoms with van der Waals surface area (Å²) in [7, 11) is 0. The maximum absolute atomic E-state index is 11.9. The standard InChI is InChI=1S/C16H22O7/c1-3-8(2)15(18)20-6-4-5-11(17)22-13-10-7-9-12(21-10)14(13)23-16(9)19/h8-10,12-14H,3-7H2,1-2H3. The maximum atomic E-state index is 11.9. The molecule has 0 saturated carbocycles. The fourth-order valence-corrected chi connectivity index (χ4v) is 3.29. The summed E-state index contributed by atoms with van der Waals surface area (Å²) < 4.78 is 21.4. The van der Waals surface area contributed by atoms with E-state index in [9.17, 15) is 14.4 Å². The van der Waals surface area contributed by atoms with Crippen LogP contribution in [0.25, 0.3) is 0 Å². The Morgan fingerprint density at radius 3 is 2.87 bits per heavy atom. The van der Waals surface area contributed by atoms with Crippen LogP contribution in [0.15, 0.2) is 0 Å². The topological polar surface area (TPSA) is 88.1 Å². The van der Waals surface area contributed by atoms with Crippen molar-refractivity contribution in [1.29, 1.82) is 0 Å². The molecule has 0 aliphatic carbocycles. The fourth-order valence-electron chi connectivity index (χ4n) is 3.29. The molecule has 23 heavy (non-hydrogen) atoms. The van der Waals surface area contributed by atoms with E-state index in [0.717, 1.165) is 6.42 Å². The highest BCUT2D eigenvalue weighted by atomic mass is 16.7. The number of rotatable bonds is 7. The van der Waals surface area contributed by atoms with Crippen LogP contribution in [-0.2, 0) is 33.3 Å². The van der Waals surface area contributed by atoms with Gasteiger partial charge in [-0.3, -0.25) is 14.4 Å². The van der Waals surface area contributed by atoms with Crippen LogP contribution in [0, 0.1) is 11.8 Å². The van der Waals surface area contributed by atoms with Crippen LogP contribution >= 0.6 is 0 Å². The third-order valence-corrected chi connectivity index (χ3v) is 4.84. The van der Waals surface area contributed by atoms with Crippen LogP contribution in [0.1, 0.15) is 39.5 Å². The van der Waals surface area contributed by atoms with Crippen molar-refractivity contribution in [1.82, 2.24) is 0 Å². The van der Waals surface area contributed by atoms with Gasteiger partial charge < -0.3 is 18.9 Å². The molecule has 6 unspecified atom stereocenters. The Kier molecular flexibility index (Phi) is 4.57. The molecule has 0 spiro atoms. The van der Waals surface area contributed by atoms with Crippen LogP contribution in [0.2, 0.25) is 0 Å². The molecule has 0 amide bonds. The van der Waals surface area contributed by atoms with Gasteiger partial charge in [-0.2, -0.15) is 0 Å². The van der Waals surface area contributed by atoms with Gasteiger partial charge in [-0.1, -0.05) is 13.8 Å². The van der Waals surface area contributed by atoms with Crippen LogP contribution in [0.5, 0.6) is 0 Å². The highest BCUT2D eigenvalue weighted by Crippen LogP contribution is 2.47. The lowest BCUT2D eigenvalue weighted by Gasteiger charge is -2.22. The largest absolute Gasteiger partial charge is 0.465 e. The molecular formula is C16H22O7. The molecule has 0 N–H and O–H groups in total. The summed E-state index contributed by atoms with van der Waals surface area (Å²) in [4.78, 5) is 35.0. The molecule has 0 aromatic carbocycles. The molecule has 128 valence electrons. The zero-order valence-corrected chi connectivity index (χ0v) is 13.4. The summed E-state index contributed by atoms with van der Waals surface area (Å²) in [5, 5.41) is 0. The van der Waals surface area contributed by atoms with Gasteiger partial charge in [0.05, 0.1) is 24.5 Å². The number of carbonyl (C=O) groups is 3. The number of esters is 3. The second-order valence-electron chi connectivity index (χ2n) is 6.42. The lowest BCUT2D eigenvalue weighted by molar-refractivity contribution is -0.161. The van der Waals surface area contributed by atoms with Crippen LogP contribution in [0.4, 0.5) is 0 Å². The summed E-state index contributed by atoms with van der Waals surface area (Å²) >= 11 is 0. The van der Waals surface area contributed by atoms with Crippen LogP contribution < -0.4 is 0 Å². The molecule has 3 heterocycles. The van der Waals surface area contributed by atoms with E-state index in [1.54, 1.807) is 0 Å². The number of carbonyl (C=O) groups excluding carboxylic acids is 3. The molecule has 3 aliphatic rings. The van der Waals surface area contributed by atoms with E-state index in [1.807, 2.05) is 13.8 Å². The fraction of sp³-hybridized carbons (Fsp3) is 0.812. The van der Waals surface area contributed by atoms with E-state index in [2.05, 4.69) is 0 Å². The second-order valence-corrected chi connectivity index (χ2v) is 6.42. The molecule has 3 rings (SSSR count). The summed E-state index contributed by atoms with van der Waals surface area (Å²) in [6.45, 7) is 3.93. The number of fused-ring (bicyclic) bond motifs is 1. The summed E-state index contributed by atoms with van der Waals surface area (Å²) in [5.74, 6) is -1.20. The highest BCUT2D eigenvalue weighted by Gasteiger charge is 2.65. The van der Waals surface area contributed by atoms with Gasteiger partial charge in [-0.15, -0.1) is 0 Å². The smallest absolute Gasteiger partial charge is 0.312 e. The lowest BCUT2D eigenvalue weighted by atomic mass is 9.88. The van der Waals surface area contributed by atoms with E-state index >= 15 is 0 Å². The van der Waals surface area contributed by atoms with Gasteiger partial charge in [0, 0.05) is 6.42 Å². The predicted octanol–water partition coefficient (Wildman–Crippen LogP) is 0.980. The van der Waals surface area contributed by atoms with Gasteiger partial charge in [-0.05, 0) is 19.3 Å². The van der Waals surface area contributed by atoms with E-state index in [4.69, 9.17) is 18.9 Å². The van der Waals surface area contributed by atoms with E-state index in [-0.39, 0.29) is 55.0 Å². The first kappa shape index (κ1) is 16.2. The van der Waals surface area contributed by atoms with Crippen molar-refractivity contribution in [3.63, 3.8) is 0 Å². The molecule has 3 saturated heterocycles. The normalized spacial score (nSPS) is 35.0. The van der Waals surface area contributed by atoms with Crippen molar-refractivity contribution in [3.05, 3.63) is 0 Å². The van der Waals surface area contributed by atoms with Crippen molar-refractivity contribution in [2.24, 2.45) is 11.8 Å². The Hall–Kier alpha value is -1.63. The number of ether oxygens (including phenoxy) is 4. The molecule has 0 radical (unpaired) electrons. The van der Waals surface area contributed by atoms with Gasteiger partial charge in [0.25, 0.3) is 0 Å². The molecule has 2 bridgehead atoms. The molecule has 7 heteroatoms. The highest BCUT2D eigenvalue weighted by molar-refractivity contribution is 5.77. The third kappa shape index (κ3) is 3.06. The average Bonchev–Trinajstić information content (AvgIpc) is 3.15. The Balaban J connectivity index is 1.38. The van der Waals surface area contributed by atoms with Gasteiger partial charge in [-0.25, -0.2) is 0 Å². The molecule has 0 aromatic heterocycles. The van der Waals surface area contributed by atoms with E-state index in [0.29, 0.717) is 12.8 Å². The molecular weight excluding hydrogens is 304 g/mol. The Morgan fingerprint density at radius 1 is 1.35 bits per heavy atom. The molecule has 3 aliphatic heterocycles. The maximum Gasteiger partial charge on any atom is 0.312 e. The van der Waals surface area contributed by atoms with E-state index < -0.39 is 12.2 Å². The molecule has 7 nitrogen and oxygen atoms in total. The first-order valence-corrected chi connectivity index (χ1v) is 8.23. The first-order valence-electron chi connectivity index (χ1n) is 8.23. The van der Waals surface area contributed by atoms with E-state index in [1.165, 1.54) is 0 Å². The van der Waals surface area contributed by atoms with Crippen molar-refractivity contribution in [2.45, 2.75) is 63.9 Å². The lowest BCUT2D eigenvalue weighted by Crippen LogP contribution is -2.40. The Morgan fingerprint density at radius 2 is 2.13 bits per heavy atom. The van der Waals surface area contributed by atoms with Crippen molar-refractivity contribution in [3.8, 4) is 0 Å². The van der Waals surface area contributed by atoms with Crippen LogP contribution in [-0.4, -0.2) is 48.9 Å². The summed E-state index contributed by atoms with van der Waals surface area (Å²) in [6.07, 6.45) is 0.393. The summed E-state index contributed by atoms with van der Waals surface area (Å²) in [6, 6.07) is 0. The minimum absolute atomic E-state index is 0.127. The van der Waals surface area contributed by atoms with Crippen molar-refractivity contribution in [2.75, 3.05) is 6.61 Å². The second kappa shape index (κ2) is 6.47. The summed E-state index contributed by atoms with van der Waals surface area (Å²) in [5.41, 5.74) is 0. The first-order chi connectivity index (χ1) is 11.0.